The summed E-state index contributed by atoms with van der Waals surface area (Å²) >= 11 is 0. The number of hydrogen-bond donors (Lipinski definition) is 3. The summed E-state index contributed by atoms with van der Waals surface area (Å²) in [5.41, 5.74) is 8.87. The molecule has 5 aromatic heterocycles. The fraction of sp³-hybridized carbons (Fsp3) is 0.172. The third-order valence-corrected chi connectivity index (χ3v) is 6.40. The molecule has 0 unspecified atom stereocenters. The molecule has 0 atom stereocenters. The van der Waals surface area contributed by atoms with Gasteiger partial charge in [0.15, 0.2) is 11.5 Å². The number of hydrogen-bond acceptors (Lipinski definition) is 6. The fourth-order valence-corrected chi connectivity index (χ4v) is 4.49. The van der Waals surface area contributed by atoms with Crippen LogP contribution in [0.5, 0.6) is 0 Å². The molecule has 0 bridgehead atoms. The molecule has 0 spiro atoms. The third-order valence-electron chi connectivity index (χ3n) is 6.40. The number of nitrogens with one attached hydrogen (secondary N) is 3. The van der Waals surface area contributed by atoms with Gasteiger partial charge in [-0.2, -0.15) is 5.10 Å². The van der Waals surface area contributed by atoms with E-state index in [0.717, 1.165) is 57.5 Å². The SMILES string of the molecule is CCCCC(=O)Nc1cncc(-c2ccc3[nH]nc(-c4nc5c(-c6cccc(C)c6)nccc5[nH]4)c3n2)c1. The Morgan fingerprint density at radius 3 is 2.71 bits per heavy atom. The highest BCUT2D eigenvalue weighted by Crippen LogP contribution is 2.31. The van der Waals surface area contributed by atoms with Crippen LogP contribution in [-0.4, -0.2) is 41.0 Å². The first-order valence-electron chi connectivity index (χ1n) is 12.6. The monoisotopic (exact) mass is 502 g/mol. The van der Waals surface area contributed by atoms with Gasteiger partial charge in [0.25, 0.3) is 0 Å². The molecular formula is C29H26N8O. The Labute approximate surface area is 218 Å². The number of unbranched alkanes of at least 4 members (excludes halogenated alkanes) is 1. The second-order valence-electron chi connectivity index (χ2n) is 9.29. The van der Waals surface area contributed by atoms with E-state index in [4.69, 9.17) is 9.97 Å². The number of aromatic nitrogens is 7. The second-order valence-corrected chi connectivity index (χ2v) is 9.29. The van der Waals surface area contributed by atoms with Crippen molar-refractivity contribution in [1.29, 1.82) is 0 Å². The summed E-state index contributed by atoms with van der Waals surface area (Å²) in [6, 6.07) is 15.8. The lowest BCUT2D eigenvalue weighted by Gasteiger charge is -2.07. The van der Waals surface area contributed by atoms with Crippen molar-refractivity contribution in [2.75, 3.05) is 5.32 Å². The van der Waals surface area contributed by atoms with Gasteiger partial charge in [-0.3, -0.25) is 19.9 Å². The van der Waals surface area contributed by atoms with Gasteiger partial charge in [-0.1, -0.05) is 37.1 Å². The summed E-state index contributed by atoms with van der Waals surface area (Å²) in [6.07, 6.45) is 7.46. The minimum absolute atomic E-state index is 0.0178. The Balaban J connectivity index is 1.37. The van der Waals surface area contributed by atoms with E-state index in [2.05, 4.69) is 56.4 Å². The Morgan fingerprint density at radius 1 is 0.947 bits per heavy atom. The number of aromatic amines is 2. The van der Waals surface area contributed by atoms with Crippen molar-refractivity contribution in [2.45, 2.75) is 33.1 Å². The van der Waals surface area contributed by atoms with Gasteiger partial charge in [0, 0.05) is 29.9 Å². The molecule has 0 aliphatic rings. The molecule has 38 heavy (non-hydrogen) atoms. The van der Waals surface area contributed by atoms with Gasteiger partial charge in [0.05, 0.1) is 34.3 Å². The average Bonchev–Trinajstić information content (AvgIpc) is 3.55. The van der Waals surface area contributed by atoms with Gasteiger partial charge in [0.1, 0.15) is 11.0 Å². The van der Waals surface area contributed by atoms with Crippen molar-refractivity contribution in [1.82, 2.24) is 35.1 Å². The Morgan fingerprint density at radius 2 is 1.84 bits per heavy atom. The molecule has 0 aliphatic carbocycles. The molecule has 9 nitrogen and oxygen atoms in total. The molecule has 1 aromatic carbocycles. The normalized spacial score (nSPS) is 11.3. The molecule has 5 heterocycles. The first kappa shape index (κ1) is 23.5. The number of H-pyrrole nitrogens is 2. The number of pyridine rings is 3. The second kappa shape index (κ2) is 9.85. The highest BCUT2D eigenvalue weighted by atomic mass is 16.1. The summed E-state index contributed by atoms with van der Waals surface area (Å²) in [4.78, 5) is 34.3. The molecule has 1 amide bonds. The van der Waals surface area contributed by atoms with Gasteiger partial charge in [-0.25, -0.2) is 9.97 Å². The Hall–Kier alpha value is -4.92. The number of carbonyl (C=O) groups is 1. The Kier molecular flexibility index (Phi) is 6.09. The van der Waals surface area contributed by atoms with E-state index in [-0.39, 0.29) is 5.91 Å². The zero-order chi connectivity index (χ0) is 26.1. The van der Waals surface area contributed by atoms with Crippen LogP contribution in [0.4, 0.5) is 5.69 Å². The third kappa shape index (κ3) is 4.50. The molecule has 0 radical (unpaired) electrons. The van der Waals surface area contributed by atoms with Gasteiger partial charge in [-0.15, -0.1) is 0 Å². The minimum Gasteiger partial charge on any atom is -0.336 e. The van der Waals surface area contributed by atoms with Gasteiger partial charge < -0.3 is 10.3 Å². The van der Waals surface area contributed by atoms with E-state index in [9.17, 15) is 4.79 Å². The van der Waals surface area contributed by atoms with Gasteiger partial charge in [-0.05, 0) is 43.7 Å². The largest absolute Gasteiger partial charge is 0.336 e. The van der Waals surface area contributed by atoms with Crippen LogP contribution in [0.3, 0.4) is 0 Å². The molecule has 188 valence electrons. The van der Waals surface area contributed by atoms with Crippen LogP contribution in [0.15, 0.2) is 67.1 Å². The minimum atomic E-state index is -0.0178. The molecule has 9 heteroatoms. The van der Waals surface area contributed by atoms with E-state index in [1.807, 2.05) is 36.4 Å². The molecule has 0 saturated carbocycles. The first-order valence-corrected chi connectivity index (χ1v) is 12.6. The fourth-order valence-electron chi connectivity index (χ4n) is 4.49. The lowest BCUT2D eigenvalue weighted by atomic mass is 10.1. The van der Waals surface area contributed by atoms with Crippen LogP contribution in [0.1, 0.15) is 31.7 Å². The Bertz CT molecular complexity index is 1780. The molecule has 0 aliphatic heterocycles. The maximum Gasteiger partial charge on any atom is 0.224 e. The van der Waals surface area contributed by atoms with Crippen LogP contribution in [0, 0.1) is 6.92 Å². The summed E-state index contributed by atoms with van der Waals surface area (Å²) in [5, 5.41) is 10.5. The van der Waals surface area contributed by atoms with Crippen LogP contribution in [0.2, 0.25) is 0 Å². The zero-order valence-electron chi connectivity index (χ0n) is 21.1. The molecule has 0 saturated heterocycles. The highest BCUT2D eigenvalue weighted by molar-refractivity contribution is 5.95. The van der Waals surface area contributed by atoms with Crippen LogP contribution in [-0.2, 0) is 4.79 Å². The van der Waals surface area contributed by atoms with Crippen molar-refractivity contribution in [3.05, 3.63) is 72.7 Å². The van der Waals surface area contributed by atoms with E-state index < -0.39 is 0 Å². The van der Waals surface area contributed by atoms with E-state index in [0.29, 0.717) is 29.1 Å². The highest BCUT2D eigenvalue weighted by Gasteiger charge is 2.17. The average molecular weight is 503 g/mol. The summed E-state index contributed by atoms with van der Waals surface area (Å²) in [5.74, 6) is 0.587. The maximum atomic E-state index is 12.2. The first-order chi connectivity index (χ1) is 18.6. The zero-order valence-corrected chi connectivity index (χ0v) is 21.1. The predicted octanol–water partition coefficient (Wildman–Crippen LogP) is 6.06. The number of rotatable bonds is 7. The lowest BCUT2D eigenvalue weighted by Crippen LogP contribution is -2.11. The van der Waals surface area contributed by atoms with Crippen molar-refractivity contribution in [2.24, 2.45) is 0 Å². The number of imidazole rings is 1. The quantitative estimate of drug-likeness (QED) is 0.244. The number of fused-ring (bicyclic) bond motifs is 2. The van der Waals surface area contributed by atoms with Gasteiger partial charge in [0.2, 0.25) is 5.91 Å². The summed E-state index contributed by atoms with van der Waals surface area (Å²) < 4.78 is 0. The molecule has 0 fully saturated rings. The number of benzene rings is 1. The summed E-state index contributed by atoms with van der Waals surface area (Å²) in [7, 11) is 0. The van der Waals surface area contributed by atoms with Gasteiger partial charge >= 0.3 is 0 Å². The molecular weight excluding hydrogens is 476 g/mol. The molecule has 6 rings (SSSR count). The van der Waals surface area contributed by atoms with Crippen molar-refractivity contribution in [3.8, 4) is 34.0 Å². The van der Waals surface area contributed by atoms with E-state index in [1.165, 1.54) is 0 Å². The topological polar surface area (TPSA) is 125 Å². The van der Waals surface area contributed by atoms with Crippen LogP contribution in [0.25, 0.3) is 56.1 Å². The molecule has 3 N–H and O–H groups in total. The number of carbonyl (C=O) groups excluding carboxylic acids is 1. The van der Waals surface area contributed by atoms with Crippen molar-refractivity contribution < 1.29 is 4.79 Å². The number of aryl methyl sites for hydroxylation is 1. The van der Waals surface area contributed by atoms with E-state index in [1.54, 1.807) is 18.6 Å². The number of amides is 1. The molecule has 6 aromatic rings. The number of anilines is 1. The maximum absolute atomic E-state index is 12.2. The van der Waals surface area contributed by atoms with Crippen LogP contribution >= 0.6 is 0 Å². The predicted molar refractivity (Wildman–Crippen MR) is 148 cm³/mol. The lowest BCUT2D eigenvalue weighted by molar-refractivity contribution is -0.116. The van der Waals surface area contributed by atoms with E-state index >= 15 is 0 Å². The summed E-state index contributed by atoms with van der Waals surface area (Å²) in [6.45, 7) is 4.12. The van der Waals surface area contributed by atoms with Crippen molar-refractivity contribution >= 4 is 33.7 Å². The standard InChI is InChI=1S/C29H26N8O/c1-3-4-8-24(38)32-20-14-19(15-30-16-20)21-9-10-23-27(33-21)28(37-36-23)29-34-22-11-12-31-25(26(22)35-29)18-7-5-6-17(2)13-18/h5-7,9-16H,3-4,8H2,1-2H3,(H,32,38)(H,34,35)(H,36,37). The van der Waals surface area contributed by atoms with Crippen molar-refractivity contribution in [3.63, 3.8) is 0 Å². The number of nitrogens with zero attached hydrogens (tertiary/aromatic N) is 5. The van der Waals surface area contributed by atoms with Crippen LogP contribution < -0.4 is 5.32 Å². The smallest absolute Gasteiger partial charge is 0.224 e.